The fraction of sp³-hybridized carbons (Fsp3) is 0.471. The molecule has 1 aromatic rings. The summed E-state index contributed by atoms with van der Waals surface area (Å²) < 4.78 is 11.4. The molecule has 1 fully saturated rings. The monoisotopic (exact) mass is 362 g/mol. The minimum absolute atomic E-state index is 0.0668. The number of benzene rings is 1. The molecular formula is C17H26N6O3. The van der Waals surface area contributed by atoms with E-state index < -0.39 is 5.60 Å². The Morgan fingerprint density at radius 1 is 1.23 bits per heavy atom. The predicted octanol–water partition coefficient (Wildman–Crippen LogP) is 1.29. The van der Waals surface area contributed by atoms with Crippen LogP contribution in [0.4, 0.5) is 10.5 Å². The Balaban J connectivity index is 2.04. The first-order valence-corrected chi connectivity index (χ1v) is 8.31. The maximum atomic E-state index is 12.1. The molecule has 142 valence electrons. The molecule has 0 bridgehead atoms. The van der Waals surface area contributed by atoms with Crippen LogP contribution in [-0.2, 0) is 4.74 Å². The van der Waals surface area contributed by atoms with Crippen LogP contribution in [0.3, 0.4) is 0 Å². The van der Waals surface area contributed by atoms with Gasteiger partial charge in [0.2, 0.25) is 5.96 Å². The highest BCUT2D eigenvalue weighted by Crippen LogP contribution is 2.29. The summed E-state index contributed by atoms with van der Waals surface area (Å²) in [6.07, 6.45) is 0.191. The summed E-state index contributed by atoms with van der Waals surface area (Å²) in [4.78, 5) is 21.6. The number of amides is 1. The molecular weight excluding hydrogens is 336 g/mol. The second-order valence-electron chi connectivity index (χ2n) is 6.93. The molecule has 9 nitrogen and oxygen atoms in total. The molecule has 0 aromatic heterocycles. The van der Waals surface area contributed by atoms with Gasteiger partial charge < -0.3 is 31.6 Å². The molecule has 9 heteroatoms. The zero-order valence-electron chi connectivity index (χ0n) is 15.3. The molecule has 26 heavy (non-hydrogen) atoms. The number of rotatable bonds is 3. The smallest absolute Gasteiger partial charge is 0.410 e. The van der Waals surface area contributed by atoms with Crippen molar-refractivity contribution >= 4 is 23.7 Å². The average Bonchev–Trinajstić information content (AvgIpc) is 2.95. The van der Waals surface area contributed by atoms with Crippen molar-refractivity contribution in [3.8, 4) is 5.75 Å². The lowest BCUT2D eigenvalue weighted by atomic mass is 10.2. The first-order chi connectivity index (χ1) is 12.1. The van der Waals surface area contributed by atoms with Crippen LogP contribution in [0.5, 0.6) is 5.75 Å². The minimum atomic E-state index is -0.528. The zero-order chi connectivity index (χ0) is 19.3. The Morgan fingerprint density at radius 3 is 2.58 bits per heavy atom. The third kappa shape index (κ3) is 5.83. The molecule has 0 radical (unpaired) electrons. The molecule has 0 spiro atoms. The third-order valence-corrected chi connectivity index (χ3v) is 3.43. The van der Waals surface area contributed by atoms with Gasteiger partial charge in [-0.25, -0.2) is 9.79 Å². The Labute approximate surface area is 152 Å². The highest BCUT2D eigenvalue weighted by atomic mass is 16.6. The molecule has 2 rings (SSSR count). The third-order valence-electron chi connectivity index (χ3n) is 3.43. The number of hydrogen-bond donors (Lipinski definition) is 3. The normalized spacial score (nSPS) is 17.7. The van der Waals surface area contributed by atoms with Crippen molar-refractivity contribution in [2.45, 2.75) is 38.9 Å². The Hall–Kier alpha value is -2.97. The van der Waals surface area contributed by atoms with Gasteiger partial charge in [-0.2, -0.15) is 4.99 Å². The number of likely N-dealkylation sites (tertiary alicyclic amines) is 1. The lowest BCUT2D eigenvalue weighted by Gasteiger charge is -2.24. The summed E-state index contributed by atoms with van der Waals surface area (Å²) in [5.74, 6) is 0.300. The molecule has 0 saturated carbocycles. The topological polar surface area (TPSA) is 142 Å². The molecule has 1 aliphatic heterocycles. The van der Waals surface area contributed by atoms with E-state index in [4.69, 9.17) is 26.7 Å². The number of guanidine groups is 2. The molecule has 1 atom stereocenters. The molecule has 1 saturated heterocycles. The van der Waals surface area contributed by atoms with Gasteiger partial charge in [0.25, 0.3) is 0 Å². The van der Waals surface area contributed by atoms with E-state index in [0.717, 1.165) is 0 Å². The first kappa shape index (κ1) is 19.4. The number of carbonyl (C=O) groups is 1. The van der Waals surface area contributed by atoms with E-state index in [1.807, 2.05) is 26.8 Å². The second-order valence-corrected chi connectivity index (χ2v) is 6.93. The SMILES string of the molecule is CC(C)(C)OC(=O)N1CCC(Oc2ccccc2N=C(N)N=C(N)N)C1. The van der Waals surface area contributed by atoms with Crippen LogP contribution >= 0.6 is 0 Å². The largest absolute Gasteiger partial charge is 0.486 e. The Kier molecular flexibility index (Phi) is 5.91. The number of nitrogens with zero attached hydrogens (tertiary/aromatic N) is 3. The summed E-state index contributed by atoms with van der Waals surface area (Å²) in [5, 5.41) is 0. The average molecular weight is 362 g/mol. The highest BCUT2D eigenvalue weighted by molar-refractivity contribution is 5.93. The van der Waals surface area contributed by atoms with Crippen molar-refractivity contribution < 1.29 is 14.3 Å². The van der Waals surface area contributed by atoms with Gasteiger partial charge >= 0.3 is 6.09 Å². The van der Waals surface area contributed by atoms with E-state index in [1.165, 1.54) is 0 Å². The molecule has 1 aliphatic rings. The van der Waals surface area contributed by atoms with Gasteiger partial charge in [0.1, 0.15) is 23.1 Å². The van der Waals surface area contributed by atoms with Crippen molar-refractivity contribution in [2.24, 2.45) is 27.2 Å². The fourth-order valence-corrected chi connectivity index (χ4v) is 2.43. The van der Waals surface area contributed by atoms with Gasteiger partial charge in [-0.05, 0) is 32.9 Å². The van der Waals surface area contributed by atoms with Crippen LogP contribution < -0.4 is 21.9 Å². The van der Waals surface area contributed by atoms with Crippen molar-refractivity contribution in [2.75, 3.05) is 13.1 Å². The van der Waals surface area contributed by atoms with Gasteiger partial charge in [-0.1, -0.05) is 12.1 Å². The molecule has 1 unspecified atom stereocenters. The molecule has 6 N–H and O–H groups in total. The second kappa shape index (κ2) is 7.94. The highest BCUT2D eigenvalue weighted by Gasteiger charge is 2.31. The molecule has 0 aliphatic carbocycles. The minimum Gasteiger partial charge on any atom is -0.486 e. The maximum Gasteiger partial charge on any atom is 0.410 e. The predicted molar refractivity (Wildman–Crippen MR) is 100 cm³/mol. The van der Waals surface area contributed by atoms with E-state index >= 15 is 0 Å². The van der Waals surface area contributed by atoms with Crippen molar-refractivity contribution in [3.05, 3.63) is 24.3 Å². The Bertz CT molecular complexity index is 707. The van der Waals surface area contributed by atoms with Gasteiger partial charge in [0.05, 0.1) is 6.54 Å². The maximum absolute atomic E-state index is 12.1. The van der Waals surface area contributed by atoms with Crippen molar-refractivity contribution in [1.82, 2.24) is 4.90 Å². The fourth-order valence-electron chi connectivity index (χ4n) is 2.43. The standard InChI is InChI=1S/C17H26N6O3/c1-17(2,3)26-16(24)23-9-8-11(10-23)25-13-7-5-4-6-12(13)21-15(20)22-14(18)19/h4-7,11H,8-10H2,1-3H3,(H6,18,19,20,21,22). The lowest BCUT2D eigenvalue weighted by Crippen LogP contribution is -2.36. The summed E-state index contributed by atoms with van der Waals surface area (Å²) in [6, 6.07) is 7.14. The number of para-hydroxylation sites is 2. The molecule has 1 aromatic carbocycles. The van der Waals surface area contributed by atoms with E-state index in [9.17, 15) is 4.79 Å². The van der Waals surface area contributed by atoms with E-state index in [0.29, 0.717) is 30.9 Å². The molecule has 1 amide bonds. The van der Waals surface area contributed by atoms with Crippen LogP contribution in [0.2, 0.25) is 0 Å². The van der Waals surface area contributed by atoms with Crippen LogP contribution in [0.25, 0.3) is 0 Å². The van der Waals surface area contributed by atoms with Gasteiger partial charge in [-0.15, -0.1) is 0 Å². The number of ether oxygens (including phenoxy) is 2. The summed E-state index contributed by atoms with van der Waals surface area (Å²) in [6.45, 7) is 6.52. The van der Waals surface area contributed by atoms with E-state index in [1.54, 1.807) is 23.1 Å². The summed E-state index contributed by atoms with van der Waals surface area (Å²) in [7, 11) is 0. The van der Waals surface area contributed by atoms with Gasteiger partial charge in [0, 0.05) is 13.0 Å². The number of nitrogens with two attached hydrogens (primary N) is 3. The summed E-state index contributed by atoms with van der Waals surface area (Å²) in [5.41, 5.74) is 16.2. The van der Waals surface area contributed by atoms with Crippen molar-refractivity contribution in [1.29, 1.82) is 0 Å². The zero-order valence-corrected chi connectivity index (χ0v) is 15.3. The number of carbonyl (C=O) groups excluding carboxylic acids is 1. The van der Waals surface area contributed by atoms with Crippen LogP contribution in [-0.4, -0.2) is 47.7 Å². The number of aliphatic imine (C=N–C) groups is 2. The molecule has 1 heterocycles. The number of hydrogen-bond acceptors (Lipinski definition) is 4. The lowest BCUT2D eigenvalue weighted by molar-refractivity contribution is 0.0276. The Morgan fingerprint density at radius 2 is 1.92 bits per heavy atom. The first-order valence-electron chi connectivity index (χ1n) is 8.31. The van der Waals surface area contributed by atoms with Crippen LogP contribution in [0, 0.1) is 0 Å². The van der Waals surface area contributed by atoms with Gasteiger partial charge in [-0.3, -0.25) is 0 Å². The van der Waals surface area contributed by atoms with E-state index in [-0.39, 0.29) is 24.1 Å². The van der Waals surface area contributed by atoms with Crippen LogP contribution in [0.1, 0.15) is 27.2 Å². The summed E-state index contributed by atoms with van der Waals surface area (Å²) >= 11 is 0. The quantitative estimate of drug-likeness (QED) is 0.546. The van der Waals surface area contributed by atoms with Gasteiger partial charge in [0.15, 0.2) is 5.96 Å². The van der Waals surface area contributed by atoms with Crippen LogP contribution in [0.15, 0.2) is 34.3 Å². The van der Waals surface area contributed by atoms with E-state index in [2.05, 4.69) is 9.98 Å². The van der Waals surface area contributed by atoms with Crippen molar-refractivity contribution in [3.63, 3.8) is 0 Å².